The van der Waals surface area contributed by atoms with Crippen molar-refractivity contribution in [2.24, 2.45) is 0 Å². The van der Waals surface area contributed by atoms with Crippen molar-refractivity contribution in [1.82, 2.24) is 0 Å². The van der Waals surface area contributed by atoms with Gasteiger partial charge in [-0.15, -0.1) is 0 Å². The van der Waals surface area contributed by atoms with Gasteiger partial charge in [-0.2, -0.15) is 0 Å². The molecule has 52 valence electrons. The highest BCUT2D eigenvalue weighted by atomic mass is 16.5. The normalized spacial score (nSPS) is 12.9. The Bertz CT molecular complexity index is 255. The van der Waals surface area contributed by atoms with Crippen LogP contribution in [0.4, 0.5) is 0 Å². The third kappa shape index (κ3) is 0.652. The molecule has 0 N–H and O–H groups in total. The monoisotopic (exact) mass is 136 g/mol. The third-order valence-electron chi connectivity index (χ3n) is 1.62. The lowest BCUT2D eigenvalue weighted by molar-refractivity contribution is 0.305. The van der Waals surface area contributed by atoms with Gasteiger partial charge in [0.05, 0.1) is 7.11 Å². The second kappa shape index (κ2) is 1.90. The van der Waals surface area contributed by atoms with Crippen LogP contribution in [-0.4, -0.2) is 7.11 Å². The molecule has 0 atom stereocenters. The molecule has 0 spiro atoms. The minimum absolute atomic E-state index is 0.693. The third-order valence-corrected chi connectivity index (χ3v) is 1.62. The van der Waals surface area contributed by atoms with E-state index in [1.165, 1.54) is 5.56 Å². The molecule has 2 nitrogen and oxygen atoms in total. The summed E-state index contributed by atoms with van der Waals surface area (Å²) < 4.78 is 10.3. The first-order chi connectivity index (χ1) is 4.90. The van der Waals surface area contributed by atoms with Gasteiger partial charge in [-0.05, 0) is 17.7 Å². The molecule has 2 bridgehead atoms. The van der Waals surface area contributed by atoms with E-state index >= 15 is 0 Å². The van der Waals surface area contributed by atoms with Gasteiger partial charge in [0, 0.05) is 0 Å². The molecule has 1 aliphatic rings. The Kier molecular flexibility index (Phi) is 1.07. The molecule has 1 aliphatic heterocycles. The summed E-state index contributed by atoms with van der Waals surface area (Å²) in [4.78, 5) is 0. The molecule has 0 fully saturated rings. The van der Waals surface area contributed by atoms with Crippen LogP contribution in [0.2, 0.25) is 0 Å². The zero-order valence-electron chi connectivity index (χ0n) is 5.76. The molecule has 0 saturated carbocycles. The second-order valence-electron chi connectivity index (χ2n) is 2.27. The molecular weight excluding hydrogens is 128 g/mol. The minimum atomic E-state index is 0.693. The van der Waals surface area contributed by atoms with Crippen LogP contribution in [0.3, 0.4) is 0 Å². The zero-order chi connectivity index (χ0) is 6.97. The Labute approximate surface area is 59.4 Å². The fraction of sp³-hybridized carbons (Fsp3) is 0.250. The van der Waals surface area contributed by atoms with Crippen LogP contribution in [0.15, 0.2) is 18.2 Å². The van der Waals surface area contributed by atoms with Gasteiger partial charge in [0.15, 0.2) is 11.5 Å². The van der Waals surface area contributed by atoms with Gasteiger partial charge in [-0.1, -0.05) is 6.07 Å². The lowest BCUT2D eigenvalue weighted by atomic mass is 10.2. The van der Waals surface area contributed by atoms with Crippen molar-refractivity contribution in [1.29, 1.82) is 0 Å². The Morgan fingerprint density at radius 1 is 1.50 bits per heavy atom. The zero-order valence-corrected chi connectivity index (χ0v) is 5.76. The first-order valence-corrected chi connectivity index (χ1v) is 3.20. The number of benzene rings is 1. The average molecular weight is 136 g/mol. The summed E-state index contributed by atoms with van der Waals surface area (Å²) in [5, 5.41) is 0. The summed E-state index contributed by atoms with van der Waals surface area (Å²) in [6, 6.07) is 5.94. The van der Waals surface area contributed by atoms with Crippen LogP contribution in [0.5, 0.6) is 11.5 Å². The van der Waals surface area contributed by atoms with Gasteiger partial charge in [0.2, 0.25) is 0 Å². The van der Waals surface area contributed by atoms with Crippen molar-refractivity contribution in [3.8, 4) is 11.5 Å². The Hall–Kier alpha value is -1.18. The maximum atomic E-state index is 5.28. The fourth-order valence-electron chi connectivity index (χ4n) is 1.08. The van der Waals surface area contributed by atoms with Gasteiger partial charge < -0.3 is 9.47 Å². The molecular formula is C8H8O2. The van der Waals surface area contributed by atoms with E-state index in [1.807, 2.05) is 18.2 Å². The largest absolute Gasteiger partial charge is 0.493 e. The van der Waals surface area contributed by atoms with E-state index < -0.39 is 0 Å². The number of hydrogen-bond acceptors (Lipinski definition) is 2. The van der Waals surface area contributed by atoms with Crippen LogP contribution >= 0.6 is 0 Å². The van der Waals surface area contributed by atoms with Gasteiger partial charge >= 0.3 is 0 Å². The van der Waals surface area contributed by atoms with Crippen LogP contribution in [0.25, 0.3) is 0 Å². The van der Waals surface area contributed by atoms with Crippen molar-refractivity contribution in [3.63, 3.8) is 0 Å². The van der Waals surface area contributed by atoms with Crippen molar-refractivity contribution < 1.29 is 9.47 Å². The molecule has 0 aromatic heterocycles. The molecule has 1 aromatic rings. The predicted octanol–water partition coefficient (Wildman–Crippen LogP) is 1.59. The topological polar surface area (TPSA) is 18.5 Å². The summed E-state index contributed by atoms with van der Waals surface area (Å²) in [6.07, 6.45) is 0. The number of ether oxygens (including phenoxy) is 2. The van der Waals surface area contributed by atoms with E-state index in [9.17, 15) is 0 Å². The number of fused-ring (bicyclic) bond motifs is 2. The molecule has 1 heterocycles. The quantitative estimate of drug-likeness (QED) is 0.583. The number of methoxy groups -OCH3 is 1. The first-order valence-electron chi connectivity index (χ1n) is 3.20. The Morgan fingerprint density at radius 3 is 3.20 bits per heavy atom. The maximum absolute atomic E-state index is 5.28. The van der Waals surface area contributed by atoms with Crippen LogP contribution < -0.4 is 9.47 Å². The van der Waals surface area contributed by atoms with E-state index in [1.54, 1.807) is 7.11 Å². The average Bonchev–Trinajstić information content (AvgIpc) is 2.34. The molecule has 2 heteroatoms. The van der Waals surface area contributed by atoms with Crippen LogP contribution in [-0.2, 0) is 6.61 Å². The molecule has 0 aliphatic carbocycles. The summed E-state index contributed by atoms with van der Waals surface area (Å²) in [5.74, 6) is 1.68. The van der Waals surface area contributed by atoms with E-state index in [-0.39, 0.29) is 0 Å². The lowest BCUT2D eigenvalue weighted by Gasteiger charge is -2.00. The summed E-state index contributed by atoms with van der Waals surface area (Å²) in [5.41, 5.74) is 1.22. The molecule has 0 amide bonds. The lowest BCUT2D eigenvalue weighted by Crippen LogP contribution is -1.85. The summed E-state index contributed by atoms with van der Waals surface area (Å²) in [7, 11) is 1.65. The predicted molar refractivity (Wildman–Crippen MR) is 37.3 cm³/mol. The van der Waals surface area contributed by atoms with Gasteiger partial charge in [-0.3, -0.25) is 0 Å². The molecule has 10 heavy (non-hydrogen) atoms. The molecule has 2 rings (SSSR count). The van der Waals surface area contributed by atoms with E-state index in [0.717, 1.165) is 11.5 Å². The van der Waals surface area contributed by atoms with Gasteiger partial charge in [0.1, 0.15) is 6.61 Å². The highest BCUT2D eigenvalue weighted by Crippen LogP contribution is 2.33. The second-order valence-corrected chi connectivity index (χ2v) is 2.27. The summed E-state index contributed by atoms with van der Waals surface area (Å²) >= 11 is 0. The molecule has 1 aromatic carbocycles. The van der Waals surface area contributed by atoms with Crippen LogP contribution in [0.1, 0.15) is 5.56 Å². The van der Waals surface area contributed by atoms with Crippen molar-refractivity contribution in [3.05, 3.63) is 23.8 Å². The first kappa shape index (κ1) is 5.59. The maximum Gasteiger partial charge on any atom is 0.162 e. The Morgan fingerprint density at radius 2 is 2.40 bits per heavy atom. The fourth-order valence-corrected chi connectivity index (χ4v) is 1.08. The number of rotatable bonds is 1. The Balaban J connectivity index is 2.50. The molecule has 0 saturated heterocycles. The number of hydrogen-bond donors (Lipinski definition) is 0. The minimum Gasteiger partial charge on any atom is -0.493 e. The highest BCUT2D eigenvalue weighted by Gasteiger charge is 2.11. The van der Waals surface area contributed by atoms with E-state index in [4.69, 9.17) is 9.47 Å². The molecule has 0 radical (unpaired) electrons. The van der Waals surface area contributed by atoms with Crippen molar-refractivity contribution in [2.45, 2.75) is 6.61 Å². The van der Waals surface area contributed by atoms with Gasteiger partial charge in [0.25, 0.3) is 0 Å². The van der Waals surface area contributed by atoms with Gasteiger partial charge in [-0.25, -0.2) is 0 Å². The van der Waals surface area contributed by atoms with Crippen molar-refractivity contribution >= 4 is 0 Å². The SMILES string of the molecule is COc1ccc2cc1OC2. The molecule has 0 unspecified atom stereocenters. The van der Waals surface area contributed by atoms with Crippen LogP contribution in [0, 0.1) is 0 Å². The van der Waals surface area contributed by atoms with Crippen molar-refractivity contribution in [2.75, 3.05) is 7.11 Å². The van der Waals surface area contributed by atoms with E-state index in [0.29, 0.717) is 6.61 Å². The summed E-state index contributed by atoms with van der Waals surface area (Å²) in [6.45, 7) is 0.693. The standard InChI is InChI=1S/C8H8O2/c1-9-7-3-2-6-4-8(7)10-5-6/h2-4H,5H2,1H3. The van der Waals surface area contributed by atoms with E-state index in [2.05, 4.69) is 0 Å². The smallest absolute Gasteiger partial charge is 0.162 e. The highest BCUT2D eigenvalue weighted by molar-refractivity contribution is 5.45.